The zero-order valence-electron chi connectivity index (χ0n) is 35.8. The van der Waals surface area contributed by atoms with Crippen LogP contribution in [0.15, 0.2) is 66.2 Å². The zero-order valence-corrected chi connectivity index (χ0v) is 38.1. The number of carbonyl (C=O) groups is 3. The van der Waals surface area contributed by atoms with Gasteiger partial charge in [-0.15, -0.1) is 0 Å². The molecule has 59 heavy (non-hydrogen) atoms. The Hall–Kier alpha value is -3.92. The standard InChI is InChI=1S/C47H58Cl3N3O6/c1-29-14-15-31(3)41(32(29)4)57-25-23-33-16-18-35(19-17-33)38-26-37-27-51(43(55)58-45(5,6)7)28-39(53(37)44(56)59-46(8,9)47(48,49)50)40(38)42(54)52(36-20-21-36)24-22-34-13-11-10-12-30(34)2/h10-19,36-37,39H,20-28H2,1-9H3. The molecule has 318 valence electrons. The smallest absolute Gasteiger partial charge is 0.411 e. The Bertz CT molecular complexity index is 2080. The fourth-order valence-corrected chi connectivity index (χ4v) is 8.06. The first kappa shape index (κ1) is 44.6. The molecule has 3 aromatic carbocycles. The van der Waals surface area contributed by atoms with Crippen LogP contribution in [0, 0.1) is 27.7 Å². The highest BCUT2D eigenvalue weighted by atomic mass is 35.6. The van der Waals surface area contributed by atoms with Crippen LogP contribution in [0.5, 0.6) is 5.75 Å². The molecule has 3 amide bonds. The van der Waals surface area contributed by atoms with Crippen LogP contribution in [0.2, 0.25) is 0 Å². The van der Waals surface area contributed by atoms with Crippen LogP contribution in [-0.2, 0) is 27.1 Å². The van der Waals surface area contributed by atoms with Gasteiger partial charge in [0.1, 0.15) is 11.4 Å². The van der Waals surface area contributed by atoms with E-state index in [1.807, 2.05) is 37.8 Å². The van der Waals surface area contributed by atoms with E-state index >= 15 is 4.79 Å². The summed E-state index contributed by atoms with van der Waals surface area (Å²) >= 11 is 18.9. The molecule has 2 bridgehead atoms. The maximum atomic E-state index is 15.4. The van der Waals surface area contributed by atoms with Gasteiger partial charge in [-0.05, 0) is 133 Å². The van der Waals surface area contributed by atoms with Gasteiger partial charge in [-0.25, -0.2) is 9.59 Å². The summed E-state index contributed by atoms with van der Waals surface area (Å²) < 4.78 is 16.2. The number of hydrogen-bond acceptors (Lipinski definition) is 6. The van der Waals surface area contributed by atoms with E-state index in [0.29, 0.717) is 31.6 Å². The molecule has 12 heteroatoms. The quantitative estimate of drug-likeness (QED) is 0.178. The number of fused-ring (bicyclic) bond motifs is 2. The van der Waals surface area contributed by atoms with Gasteiger partial charge in [0, 0.05) is 37.7 Å². The molecule has 0 aromatic heterocycles. The van der Waals surface area contributed by atoms with Gasteiger partial charge in [0.25, 0.3) is 5.91 Å². The molecule has 6 rings (SSSR count). The van der Waals surface area contributed by atoms with Gasteiger partial charge in [0.2, 0.25) is 3.79 Å². The van der Waals surface area contributed by atoms with Gasteiger partial charge >= 0.3 is 12.2 Å². The van der Waals surface area contributed by atoms with Crippen molar-refractivity contribution in [3.63, 3.8) is 0 Å². The summed E-state index contributed by atoms with van der Waals surface area (Å²) in [5.41, 5.74) is 6.79. The first-order valence-electron chi connectivity index (χ1n) is 20.6. The van der Waals surface area contributed by atoms with E-state index in [1.165, 1.54) is 25.0 Å². The van der Waals surface area contributed by atoms with E-state index in [2.05, 4.69) is 76.2 Å². The minimum atomic E-state index is -1.93. The Kier molecular flexibility index (Phi) is 13.3. The van der Waals surface area contributed by atoms with Crippen molar-refractivity contribution in [3.05, 3.63) is 105 Å². The number of halogens is 3. The molecule has 2 atom stereocenters. The van der Waals surface area contributed by atoms with Crippen molar-refractivity contribution in [2.24, 2.45) is 0 Å². The third-order valence-corrected chi connectivity index (χ3v) is 13.1. The number of amides is 3. The Balaban J connectivity index is 1.39. The minimum Gasteiger partial charge on any atom is -0.493 e. The van der Waals surface area contributed by atoms with Crippen molar-refractivity contribution >= 4 is 58.5 Å². The molecule has 0 spiro atoms. The summed E-state index contributed by atoms with van der Waals surface area (Å²) in [7, 11) is 0. The van der Waals surface area contributed by atoms with Crippen molar-refractivity contribution in [1.29, 1.82) is 0 Å². The van der Waals surface area contributed by atoms with Crippen molar-refractivity contribution in [2.45, 2.75) is 128 Å². The summed E-state index contributed by atoms with van der Waals surface area (Å²) in [4.78, 5) is 48.6. The molecule has 0 radical (unpaired) electrons. The first-order valence-corrected chi connectivity index (χ1v) is 21.7. The van der Waals surface area contributed by atoms with Gasteiger partial charge in [-0.2, -0.15) is 0 Å². The molecular formula is C47H58Cl3N3O6. The fourth-order valence-electron chi connectivity index (χ4n) is 7.95. The van der Waals surface area contributed by atoms with Crippen molar-refractivity contribution < 1.29 is 28.6 Å². The molecule has 2 aliphatic heterocycles. The van der Waals surface area contributed by atoms with Crippen LogP contribution in [0.1, 0.15) is 92.8 Å². The molecular weight excluding hydrogens is 809 g/mol. The average Bonchev–Trinajstić information content (AvgIpc) is 3.99. The highest BCUT2D eigenvalue weighted by Crippen LogP contribution is 2.44. The van der Waals surface area contributed by atoms with Crippen LogP contribution >= 0.6 is 34.8 Å². The Morgan fingerprint density at radius 2 is 1.44 bits per heavy atom. The highest BCUT2D eigenvalue weighted by Gasteiger charge is 2.52. The van der Waals surface area contributed by atoms with Crippen molar-refractivity contribution in [1.82, 2.24) is 14.7 Å². The second-order valence-electron chi connectivity index (χ2n) is 17.8. The van der Waals surface area contributed by atoms with Crippen LogP contribution in [0.3, 0.4) is 0 Å². The van der Waals surface area contributed by atoms with E-state index in [-0.39, 0.29) is 31.5 Å². The fraction of sp³-hybridized carbons (Fsp3) is 0.511. The number of rotatable bonds is 11. The second-order valence-corrected chi connectivity index (χ2v) is 20.1. The van der Waals surface area contributed by atoms with E-state index in [0.717, 1.165) is 52.0 Å². The largest absolute Gasteiger partial charge is 0.493 e. The van der Waals surface area contributed by atoms with Crippen molar-refractivity contribution in [2.75, 3.05) is 26.2 Å². The maximum absolute atomic E-state index is 15.4. The first-order chi connectivity index (χ1) is 27.6. The number of carbonyl (C=O) groups excluding carboxylic acids is 3. The van der Waals surface area contributed by atoms with Crippen molar-refractivity contribution in [3.8, 4) is 5.75 Å². The van der Waals surface area contributed by atoms with E-state index < -0.39 is 39.3 Å². The Morgan fingerprint density at radius 1 is 0.780 bits per heavy atom. The molecule has 3 aromatic rings. The van der Waals surface area contributed by atoms with Gasteiger partial charge < -0.3 is 24.0 Å². The lowest BCUT2D eigenvalue weighted by Crippen LogP contribution is -2.66. The average molecular weight is 867 g/mol. The number of hydrogen-bond donors (Lipinski definition) is 0. The highest BCUT2D eigenvalue weighted by molar-refractivity contribution is 6.68. The maximum Gasteiger partial charge on any atom is 0.411 e. The summed E-state index contributed by atoms with van der Waals surface area (Å²) in [6.07, 6.45) is 2.19. The van der Waals surface area contributed by atoms with E-state index in [1.54, 1.807) is 9.80 Å². The van der Waals surface area contributed by atoms with Gasteiger partial charge in [-0.3, -0.25) is 9.69 Å². The van der Waals surface area contributed by atoms with Gasteiger partial charge in [0.15, 0.2) is 5.60 Å². The second kappa shape index (κ2) is 17.6. The summed E-state index contributed by atoms with van der Waals surface area (Å²) in [5.74, 6) is 0.762. The number of aryl methyl sites for hydroxylation is 3. The third-order valence-electron chi connectivity index (χ3n) is 11.7. The lowest BCUT2D eigenvalue weighted by Gasteiger charge is -2.51. The number of benzene rings is 3. The number of ether oxygens (including phenoxy) is 3. The minimum absolute atomic E-state index is 0.0167. The van der Waals surface area contributed by atoms with E-state index in [4.69, 9.17) is 49.0 Å². The van der Waals surface area contributed by atoms with Crippen LogP contribution in [-0.4, -0.2) is 92.2 Å². The summed E-state index contributed by atoms with van der Waals surface area (Å²) in [6.45, 7) is 18.0. The summed E-state index contributed by atoms with van der Waals surface area (Å²) in [5, 5.41) is 0. The Labute approximate surface area is 364 Å². The molecule has 1 saturated heterocycles. The van der Waals surface area contributed by atoms with Crippen LogP contribution in [0.25, 0.3) is 5.57 Å². The molecule has 9 nitrogen and oxygen atoms in total. The lowest BCUT2D eigenvalue weighted by atomic mass is 9.81. The molecule has 0 N–H and O–H groups in total. The molecule has 2 unspecified atom stereocenters. The predicted octanol–water partition coefficient (Wildman–Crippen LogP) is 10.5. The van der Waals surface area contributed by atoms with Crippen LogP contribution < -0.4 is 4.74 Å². The van der Waals surface area contributed by atoms with E-state index in [9.17, 15) is 9.59 Å². The molecule has 1 saturated carbocycles. The lowest BCUT2D eigenvalue weighted by molar-refractivity contribution is -0.129. The molecule has 2 heterocycles. The normalized spacial score (nSPS) is 18.4. The topological polar surface area (TPSA) is 88.6 Å². The third kappa shape index (κ3) is 10.3. The molecule has 1 aliphatic carbocycles. The van der Waals surface area contributed by atoms with Gasteiger partial charge in [-0.1, -0.05) is 95.5 Å². The monoisotopic (exact) mass is 865 g/mol. The number of nitrogens with zero attached hydrogens (tertiary/aromatic N) is 3. The SMILES string of the molecule is Cc1ccccc1CCN(C(=O)C1=C(c2ccc(CCOc3c(C)ccc(C)c3C)cc2)CC2CN(C(=O)OC(C)(C)C)CC1N2C(=O)OC(C)(C)C(Cl)(Cl)Cl)C1CC1. The number of alkyl halides is 3. The van der Waals surface area contributed by atoms with Crippen LogP contribution in [0.4, 0.5) is 9.59 Å². The molecule has 3 aliphatic rings. The summed E-state index contributed by atoms with van der Waals surface area (Å²) in [6, 6.07) is 19.3. The predicted molar refractivity (Wildman–Crippen MR) is 236 cm³/mol. The zero-order chi connectivity index (χ0) is 43.0. The Morgan fingerprint density at radius 3 is 2.07 bits per heavy atom. The van der Waals surface area contributed by atoms with Gasteiger partial charge in [0.05, 0.1) is 18.7 Å². The number of piperazine rings is 1. The molecule has 2 fully saturated rings.